The number of para-hydroxylation sites is 1. The minimum absolute atomic E-state index is 0.0882. The van der Waals surface area contributed by atoms with Crippen LogP contribution in [0.5, 0.6) is 0 Å². The Labute approximate surface area is 196 Å². The molecular formula is C26H18F3NO5. The molecule has 1 unspecified atom stereocenters. The zero-order valence-electron chi connectivity index (χ0n) is 18.3. The third-order valence-corrected chi connectivity index (χ3v) is 5.84. The predicted molar refractivity (Wildman–Crippen MR) is 118 cm³/mol. The van der Waals surface area contributed by atoms with Crippen LogP contribution in [0, 0.1) is 6.92 Å². The number of carbonyl (C=O) groups excluding carboxylic acids is 2. The molecule has 0 bridgehead atoms. The molecule has 4 aromatic rings. The first-order valence-electron chi connectivity index (χ1n) is 10.6. The van der Waals surface area contributed by atoms with Crippen molar-refractivity contribution in [1.29, 1.82) is 0 Å². The first-order chi connectivity index (χ1) is 16.6. The number of alkyl halides is 3. The summed E-state index contributed by atoms with van der Waals surface area (Å²) in [5.41, 5.74) is -0.517. The Morgan fingerprint density at radius 2 is 1.80 bits per heavy atom. The fourth-order valence-electron chi connectivity index (χ4n) is 4.21. The van der Waals surface area contributed by atoms with Crippen LogP contribution in [0.3, 0.4) is 0 Å². The second kappa shape index (κ2) is 8.19. The summed E-state index contributed by atoms with van der Waals surface area (Å²) in [4.78, 5) is 27.6. The van der Waals surface area contributed by atoms with E-state index in [1.165, 1.54) is 18.2 Å². The third kappa shape index (κ3) is 3.99. The maximum absolute atomic E-state index is 13.5. The Balaban J connectivity index is 1.56. The standard InChI is InChI=1S/C26H18F3NO5/c1-14-9-10-19(34-14)22-21(23(31)20-12-16-6-2-3-8-18(16)35-20)24(32)25(33)30(22)13-15-5-4-7-17(11-15)26(27,28)29/h2-12,22,32H,13H2,1H3. The van der Waals surface area contributed by atoms with Gasteiger partial charge in [-0.1, -0.05) is 30.3 Å². The Bertz CT molecular complexity index is 1460. The van der Waals surface area contributed by atoms with E-state index in [1.54, 1.807) is 43.3 Å². The first-order valence-corrected chi connectivity index (χ1v) is 10.6. The summed E-state index contributed by atoms with van der Waals surface area (Å²) in [6.45, 7) is 1.37. The van der Waals surface area contributed by atoms with E-state index in [4.69, 9.17) is 8.83 Å². The normalized spacial score (nSPS) is 16.5. The fourth-order valence-corrected chi connectivity index (χ4v) is 4.21. The SMILES string of the molecule is Cc1ccc(C2C(C(=O)c3cc4ccccc4o3)=C(O)C(=O)N2Cc2cccc(C(F)(F)F)c2)o1. The Hall–Kier alpha value is -4.27. The smallest absolute Gasteiger partial charge is 0.416 e. The summed E-state index contributed by atoms with van der Waals surface area (Å²) < 4.78 is 51.0. The lowest BCUT2D eigenvalue weighted by atomic mass is 9.99. The molecule has 1 amide bonds. The van der Waals surface area contributed by atoms with Gasteiger partial charge in [-0.15, -0.1) is 0 Å². The highest BCUT2D eigenvalue weighted by Crippen LogP contribution is 2.41. The maximum atomic E-state index is 13.5. The van der Waals surface area contributed by atoms with Gasteiger partial charge in [0.05, 0.1) is 11.1 Å². The van der Waals surface area contributed by atoms with Crippen LogP contribution >= 0.6 is 0 Å². The number of rotatable bonds is 5. The number of hydrogen-bond acceptors (Lipinski definition) is 5. The molecule has 5 rings (SSSR count). The fraction of sp³-hybridized carbons (Fsp3) is 0.154. The molecule has 0 radical (unpaired) electrons. The van der Waals surface area contributed by atoms with Crippen molar-refractivity contribution < 1.29 is 36.7 Å². The number of aliphatic hydroxyl groups is 1. The van der Waals surface area contributed by atoms with E-state index in [-0.39, 0.29) is 29.2 Å². The Morgan fingerprint density at radius 3 is 2.49 bits per heavy atom. The minimum atomic E-state index is -4.56. The molecular weight excluding hydrogens is 463 g/mol. The lowest BCUT2D eigenvalue weighted by Crippen LogP contribution is -2.30. The summed E-state index contributed by atoms with van der Waals surface area (Å²) in [5, 5.41) is 11.4. The summed E-state index contributed by atoms with van der Waals surface area (Å²) in [7, 11) is 0. The van der Waals surface area contributed by atoms with Gasteiger partial charge in [-0.05, 0) is 48.9 Å². The van der Waals surface area contributed by atoms with Crippen molar-refractivity contribution in [2.45, 2.75) is 25.7 Å². The van der Waals surface area contributed by atoms with Crippen LogP contribution in [0.25, 0.3) is 11.0 Å². The Morgan fingerprint density at radius 1 is 1.03 bits per heavy atom. The zero-order chi connectivity index (χ0) is 24.9. The largest absolute Gasteiger partial charge is 0.503 e. The van der Waals surface area contributed by atoms with Crippen molar-refractivity contribution in [2.75, 3.05) is 0 Å². The number of furan rings is 2. The van der Waals surface area contributed by atoms with Crippen LogP contribution in [0.1, 0.15) is 39.2 Å². The second-order valence-electron chi connectivity index (χ2n) is 8.22. The van der Waals surface area contributed by atoms with Crippen LogP contribution in [0.2, 0.25) is 0 Å². The lowest BCUT2D eigenvalue weighted by molar-refractivity contribution is -0.137. The van der Waals surface area contributed by atoms with Gasteiger partial charge < -0.3 is 18.8 Å². The van der Waals surface area contributed by atoms with Gasteiger partial charge in [0.25, 0.3) is 5.91 Å². The van der Waals surface area contributed by atoms with Crippen molar-refractivity contribution in [3.8, 4) is 0 Å². The number of amides is 1. The number of hydrogen-bond donors (Lipinski definition) is 1. The maximum Gasteiger partial charge on any atom is 0.416 e. The average Bonchev–Trinajstić information content (AvgIpc) is 3.51. The average molecular weight is 481 g/mol. The molecule has 0 saturated heterocycles. The Kier molecular flexibility index (Phi) is 5.27. The quantitative estimate of drug-likeness (QED) is 0.347. The number of aryl methyl sites for hydroxylation is 1. The molecule has 6 nitrogen and oxygen atoms in total. The van der Waals surface area contributed by atoms with E-state index >= 15 is 0 Å². The number of nitrogens with zero attached hydrogens (tertiary/aromatic N) is 1. The molecule has 1 atom stereocenters. The van der Waals surface area contributed by atoms with Gasteiger partial charge in [0.1, 0.15) is 23.1 Å². The van der Waals surface area contributed by atoms with Gasteiger partial charge in [0.2, 0.25) is 5.78 Å². The number of fused-ring (bicyclic) bond motifs is 1. The first kappa shape index (κ1) is 22.5. The minimum Gasteiger partial charge on any atom is -0.503 e. The molecule has 1 aliphatic heterocycles. The van der Waals surface area contributed by atoms with Crippen LogP contribution in [-0.4, -0.2) is 21.7 Å². The summed E-state index contributed by atoms with van der Waals surface area (Å²) in [6.07, 6.45) is -4.56. The van der Waals surface area contributed by atoms with Crippen LogP contribution in [0.4, 0.5) is 13.2 Å². The number of benzene rings is 2. The molecule has 0 saturated carbocycles. The zero-order valence-corrected chi connectivity index (χ0v) is 18.3. The lowest BCUT2D eigenvalue weighted by Gasteiger charge is -2.25. The van der Waals surface area contributed by atoms with Gasteiger partial charge >= 0.3 is 6.18 Å². The van der Waals surface area contributed by atoms with Gasteiger partial charge in [0, 0.05) is 11.9 Å². The van der Waals surface area contributed by atoms with Gasteiger partial charge in [0.15, 0.2) is 11.5 Å². The highest BCUT2D eigenvalue weighted by Gasteiger charge is 2.46. The van der Waals surface area contributed by atoms with Crippen molar-refractivity contribution in [3.05, 3.63) is 106 Å². The molecule has 3 heterocycles. The van der Waals surface area contributed by atoms with E-state index in [9.17, 15) is 27.9 Å². The number of ketones is 1. The number of halogens is 3. The van der Waals surface area contributed by atoms with E-state index in [0.29, 0.717) is 16.7 Å². The molecule has 1 aliphatic rings. The van der Waals surface area contributed by atoms with Crippen LogP contribution in [0.15, 0.2) is 86.9 Å². The van der Waals surface area contributed by atoms with Gasteiger partial charge in [-0.25, -0.2) is 0 Å². The molecule has 2 aromatic heterocycles. The number of carbonyl (C=O) groups is 2. The van der Waals surface area contributed by atoms with Crippen LogP contribution in [-0.2, 0) is 17.5 Å². The van der Waals surface area contributed by atoms with Crippen molar-refractivity contribution in [2.24, 2.45) is 0 Å². The molecule has 35 heavy (non-hydrogen) atoms. The highest BCUT2D eigenvalue weighted by atomic mass is 19.4. The monoisotopic (exact) mass is 481 g/mol. The number of aliphatic hydroxyl groups excluding tert-OH is 1. The van der Waals surface area contributed by atoms with E-state index < -0.39 is 35.2 Å². The molecule has 178 valence electrons. The van der Waals surface area contributed by atoms with Crippen molar-refractivity contribution >= 4 is 22.7 Å². The molecule has 9 heteroatoms. The molecule has 0 fully saturated rings. The van der Waals surface area contributed by atoms with Crippen molar-refractivity contribution in [1.82, 2.24) is 4.90 Å². The third-order valence-electron chi connectivity index (χ3n) is 5.84. The van der Waals surface area contributed by atoms with Gasteiger partial charge in [-0.3, -0.25) is 9.59 Å². The summed E-state index contributed by atoms with van der Waals surface area (Å²) >= 11 is 0. The predicted octanol–water partition coefficient (Wildman–Crippen LogP) is 6.13. The molecule has 1 N–H and O–H groups in total. The van der Waals surface area contributed by atoms with Gasteiger partial charge in [-0.2, -0.15) is 13.2 Å². The molecule has 2 aromatic carbocycles. The molecule has 0 spiro atoms. The van der Waals surface area contributed by atoms with E-state index in [1.807, 2.05) is 0 Å². The molecule has 0 aliphatic carbocycles. The van der Waals surface area contributed by atoms with Crippen LogP contribution < -0.4 is 0 Å². The van der Waals surface area contributed by atoms with Crippen molar-refractivity contribution in [3.63, 3.8) is 0 Å². The highest BCUT2D eigenvalue weighted by molar-refractivity contribution is 6.15. The summed E-state index contributed by atoms with van der Waals surface area (Å²) in [5.74, 6) is -1.84. The van der Waals surface area contributed by atoms with E-state index in [0.717, 1.165) is 17.0 Å². The number of Topliss-reactive ketones (excluding diaryl/α,β-unsaturated/α-hetero) is 1. The second-order valence-corrected chi connectivity index (χ2v) is 8.22. The van der Waals surface area contributed by atoms with E-state index in [2.05, 4.69) is 0 Å². The summed E-state index contributed by atoms with van der Waals surface area (Å²) in [6, 6.07) is 15.0. The topological polar surface area (TPSA) is 83.9 Å².